The number of fused-ring (bicyclic) bond motifs is 2. The molecule has 0 fully saturated rings. The van der Waals surface area contributed by atoms with Crippen LogP contribution in [0.5, 0.6) is 11.5 Å². The van der Waals surface area contributed by atoms with E-state index in [0.29, 0.717) is 16.3 Å². The van der Waals surface area contributed by atoms with E-state index in [-0.39, 0.29) is 17.9 Å². The van der Waals surface area contributed by atoms with Crippen molar-refractivity contribution >= 4 is 51.2 Å². The Morgan fingerprint density at radius 1 is 0.757 bits per heavy atom. The average molecular weight is 509 g/mol. The summed E-state index contributed by atoms with van der Waals surface area (Å²) in [5.74, 6) is -0.129. The van der Waals surface area contributed by atoms with Crippen LogP contribution in [0, 0.1) is 0 Å². The molecule has 0 radical (unpaired) electrons. The number of halogens is 1. The van der Waals surface area contributed by atoms with Crippen molar-refractivity contribution in [2.24, 2.45) is 5.10 Å². The fraction of sp³-hybridized carbons (Fsp3) is 0.0333. The van der Waals surface area contributed by atoms with Crippen LogP contribution in [0.3, 0.4) is 0 Å². The van der Waals surface area contributed by atoms with Crippen LogP contribution < -0.4 is 14.9 Å². The normalized spacial score (nSPS) is 11.1. The molecule has 0 unspecified atom stereocenters. The summed E-state index contributed by atoms with van der Waals surface area (Å²) in [6.07, 6.45) is 1.45. The highest BCUT2D eigenvalue weighted by Gasteiger charge is 2.16. The van der Waals surface area contributed by atoms with E-state index in [0.717, 1.165) is 21.5 Å². The zero-order valence-electron chi connectivity index (χ0n) is 19.6. The smallest absolute Gasteiger partial charge is 0.345 e. The number of nitrogens with zero attached hydrogens (tertiary/aromatic N) is 1. The van der Waals surface area contributed by atoms with E-state index in [2.05, 4.69) is 10.5 Å². The van der Waals surface area contributed by atoms with Crippen molar-refractivity contribution in [3.05, 3.63) is 119 Å². The van der Waals surface area contributed by atoms with Crippen molar-refractivity contribution < 1.29 is 19.1 Å². The first-order valence-corrected chi connectivity index (χ1v) is 11.9. The van der Waals surface area contributed by atoms with E-state index >= 15 is 0 Å². The summed E-state index contributed by atoms with van der Waals surface area (Å²) in [5, 5.41) is 8.06. The van der Waals surface area contributed by atoms with Crippen molar-refractivity contribution in [2.45, 2.75) is 0 Å². The Balaban J connectivity index is 1.33. The predicted octanol–water partition coefficient (Wildman–Crippen LogP) is 6.39. The lowest BCUT2D eigenvalue weighted by molar-refractivity contribution is -0.123. The number of amides is 1. The van der Waals surface area contributed by atoms with E-state index in [1.54, 1.807) is 30.3 Å². The first-order valence-electron chi connectivity index (χ1n) is 11.5. The van der Waals surface area contributed by atoms with Crippen LogP contribution in [0.4, 0.5) is 0 Å². The van der Waals surface area contributed by atoms with Gasteiger partial charge in [0.05, 0.1) is 16.8 Å². The SMILES string of the molecule is O=C(COc1cccc2ccccc12)N/N=C/c1c(OC(=O)c2ccccc2Cl)ccc2ccccc12. The minimum Gasteiger partial charge on any atom is -0.483 e. The minimum atomic E-state index is -0.594. The fourth-order valence-electron chi connectivity index (χ4n) is 3.95. The molecule has 37 heavy (non-hydrogen) atoms. The van der Waals surface area contributed by atoms with Gasteiger partial charge in [-0.2, -0.15) is 5.10 Å². The molecule has 0 saturated heterocycles. The van der Waals surface area contributed by atoms with Crippen LogP contribution in [0.2, 0.25) is 5.02 Å². The van der Waals surface area contributed by atoms with Gasteiger partial charge in [-0.25, -0.2) is 10.2 Å². The third-order valence-electron chi connectivity index (χ3n) is 5.72. The molecule has 7 heteroatoms. The summed E-state index contributed by atoms with van der Waals surface area (Å²) >= 11 is 6.16. The molecule has 0 atom stereocenters. The second-order valence-corrected chi connectivity index (χ2v) is 8.53. The number of hydrazone groups is 1. The molecule has 0 spiro atoms. The zero-order valence-corrected chi connectivity index (χ0v) is 20.3. The molecular formula is C30H21ClN2O4. The maximum absolute atomic E-state index is 12.8. The molecule has 0 heterocycles. The van der Waals surface area contributed by atoms with Crippen LogP contribution in [-0.2, 0) is 4.79 Å². The maximum Gasteiger partial charge on any atom is 0.345 e. The number of nitrogens with one attached hydrogen (secondary N) is 1. The van der Waals surface area contributed by atoms with Gasteiger partial charge in [0.2, 0.25) is 0 Å². The third-order valence-corrected chi connectivity index (χ3v) is 6.05. The lowest BCUT2D eigenvalue weighted by Crippen LogP contribution is -2.24. The van der Waals surface area contributed by atoms with E-state index in [4.69, 9.17) is 21.1 Å². The van der Waals surface area contributed by atoms with E-state index in [9.17, 15) is 9.59 Å². The Bertz CT molecular complexity index is 1640. The van der Waals surface area contributed by atoms with Gasteiger partial charge in [0.15, 0.2) is 6.61 Å². The van der Waals surface area contributed by atoms with Crippen LogP contribution in [0.25, 0.3) is 21.5 Å². The lowest BCUT2D eigenvalue weighted by Gasteiger charge is -2.11. The Morgan fingerprint density at radius 2 is 1.43 bits per heavy atom. The Kier molecular flexibility index (Phi) is 7.10. The molecule has 0 aliphatic heterocycles. The number of benzene rings is 5. The van der Waals surface area contributed by atoms with Gasteiger partial charge < -0.3 is 9.47 Å². The number of rotatable bonds is 7. The summed E-state index contributed by atoms with van der Waals surface area (Å²) in [7, 11) is 0. The van der Waals surface area contributed by atoms with Crippen molar-refractivity contribution in [1.82, 2.24) is 5.43 Å². The van der Waals surface area contributed by atoms with Gasteiger partial charge in [-0.1, -0.05) is 90.5 Å². The molecule has 0 aliphatic carbocycles. The van der Waals surface area contributed by atoms with E-state index in [1.165, 1.54) is 6.21 Å². The highest BCUT2D eigenvalue weighted by molar-refractivity contribution is 6.33. The van der Waals surface area contributed by atoms with Crippen molar-refractivity contribution in [2.75, 3.05) is 6.61 Å². The van der Waals surface area contributed by atoms with Gasteiger partial charge in [-0.05, 0) is 40.4 Å². The summed E-state index contributed by atoms with van der Waals surface area (Å²) in [6, 6.07) is 31.2. The molecule has 0 bridgehead atoms. The first-order chi connectivity index (χ1) is 18.1. The molecular weight excluding hydrogens is 488 g/mol. The van der Waals surface area contributed by atoms with Crippen molar-refractivity contribution in [3.63, 3.8) is 0 Å². The molecule has 0 saturated carbocycles. The molecule has 1 N–H and O–H groups in total. The molecule has 5 aromatic carbocycles. The number of hydrogen-bond donors (Lipinski definition) is 1. The number of hydrogen-bond acceptors (Lipinski definition) is 5. The predicted molar refractivity (Wildman–Crippen MR) is 146 cm³/mol. The van der Waals surface area contributed by atoms with Gasteiger partial charge in [0, 0.05) is 10.9 Å². The minimum absolute atomic E-state index is 0.213. The Morgan fingerprint density at radius 3 is 2.24 bits per heavy atom. The highest BCUT2D eigenvalue weighted by atomic mass is 35.5. The van der Waals surface area contributed by atoms with E-state index in [1.807, 2.05) is 72.8 Å². The zero-order chi connectivity index (χ0) is 25.6. The molecule has 5 aromatic rings. The summed E-state index contributed by atoms with van der Waals surface area (Å²) in [6.45, 7) is -0.213. The van der Waals surface area contributed by atoms with Gasteiger partial charge in [-0.15, -0.1) is 0 Å². The van der Waals surface area contributed by atoms with Gasteiger partial charge in [0.25, 0.3) is 5.91 Å². The van der Waals surface area contributed by atoms with Gasteiger partial charge in [-0.3, -0.25) is 4.79 Å². The number of carbonyl (C=O) groups excluding carboxylic acids is 2. The fourth-order valence-corrected chi connectivity index (χ4v) is 4.16. The molecule has 5 rings (SSSR count). The second kappa shape index (κ2) is 10.9. The Hall–Kier alpha value is -4.68. The van der Waals surface area contributed by atoms with Crippen LogP contribution in [0.1, 0.15) is 15.9 Å². The molecule has 0 aromatic heterocycles. The summed E-state index contributed by atoms with van der Waals surface area (Å²) in [4.78, 5) is 25.2. The van der Waals surface area contributed by atoms with Crippen molar-refractivity contribution in [1.29, 1.82) is 0 Å². The molecule has 6 nitrogen and oxygen atoms in total. The van der Waals surface area contributed by atoms with E-state index < -0.39 is 11.9 Å². The summed E-state index contributed by atoms with van der Waals surface area (Å²) < 4.78 is 11.4. The van der Waals surface area contributed by atoms with Crippen LogP contribution in [0.15, 0.2) is 108 Å². The third kappa shape index (κ3) is 5.44. The number of esters is 1. The van der Waals surface area contributed by atoms with Crippen molar-refractivity contribution in [3.8, 4) is 11.5 Å². The second-order valence-electron chi connectivity index (χ2n) is 8.13. The van der Waals surface area contributed by atoms with Gasteiger partial charge in [0.1, 0.15) is 11.5 Å². The number of ether oxygens (including phenoxy) is 2. The maximum atomic E-state index is 12.8. The number of carbonyl (C=O) groups is 2. The lowest BCUT2D eigenvalue weighted by atomic mass is 10.0. The summed E-state index contributed by atoms with van der Waals surface area (Å²) in [5.41, 5.74) is 3.26. The molecule has 0 aliphatic rings. The largest absolute Gasteiger partial charge is 0.483 e. The molecule has 1 amide bonds. The topological polar surface area (TPSA) is 77.0 Å². The van der Waals surface area contributed by atoms with Gasteiger partial charge >= 0.3 is 5.97 Å². The van der Waals surface area contributed by atoms with Crippen LogP contribution in [-0.4, -0.2) is 24.7 Å². The average Bonchev–Trinajstić information content (AvgIpc) is 2.93. The quantitative estimate of drug-likeness (QED) is 0.119. The Labute approximate surface area is 218 Å². The monoisotopic (exact) mass is 508 g/mol. The first kappa shape index (κ1) is 24.0. The highest BCUT2D eigenvalue weighted by Crippen LogP contribution is 2.28. The standard InChI is InChI=1S/C30H21ClN2O4/c31-26-14-6-5-13-24(26)30(35)37-28-17-16-21-9-1-3-11-22(21)25(28)18-32-33-29(34)19-36-27-15-7-10-20-8-2-4-12-23(20)27/h1-18H,19H2,(H,33,34)/b32-18+. The molecule has 182 valence electrons. The van der Waals surface area contributed by atoms with Crippen LogP contribution >= 0.6 is 11.6 Å².